The average molecular weight is 444 g/mol. The Balaban J connectivity index is 1.58. The second-order valence-electron chi connectivity index (χ2n) is 7.58. The normalized spacial score (nSPS) is 15.1. The van der Waals surface area contributed by atoms with E-state index < -0.39 is 0 Å². The predicted octanol–water partition coefficient (Wildman–Crippen LogP) is 3.17. The molecule has 0 aromatic heterocycles. The lowest BCUT2D eigenvalue weighted by molar-refractivity contribution is -0.123. The number of carbonyl (C=O) groups excluding carboxylic acids is 2. The van der Waals surface area contributed by atoms with Gasteiger partial charge in [-0.05, 0) is 35.4 Å². The maximum Gasteiger partial charge on any atom is 0.274 e. The third-order valence-corrected chi connectivity index (χ3v) is 5.29. The Morgan fingerprint density at radius 1 is 1.00 bits per heavy atom. The highest BCUT2D eigenvalue weighted by atomic mass is 16.5. The summed E-state index contributed by atoms with van der Waals surface area (Å²) in [5.41, 5.74) is 3.23. The highest BCUT2D eigenvalue weighted by Gasteiger charge is 2.33. The zero-order chi connectivity index (χ0) is 23.0. The van der Waals surface area contributed by atoms with E-state index in [2.05, 4.69) is 5.32 Å². The van der Waals surface area contributed by atoms with Gasteiger partial charge in [0.2, 0.25) is 0 Å². The zero-order valence-electron chi connectivity index (χ0n) is 18.1. The van der Waals surface area contributed by atoms with Crippen molar-refractivity contribution in [2.45, 2.75) is 12.5 Å². The van der Waals surface area contributed by atoms with Crippen LogP contribution in [0, 0.1) is 0 Å². The van der Waals surface area contributed by atoms with Gasteiger partial charge in [0.1, 0.15) is 5.75 Å². The van der Waals surface area contributed by atoms with Crippen molar-refractivity contribution in [1.29, 1.82) is 0 Å². The van der Waals surface area contributed by atoms with Crippen LogP contribution in [0.4, 0.5) is 0 Å². The van der Waals surface area contributed by atoms with E-state index in [4.69, 9.17) is 14.9 Å². The van der Waals surface area contributed by atoms with Crippen LogP contribution in [0.5, 0.6) is 5.75 Å². The Bertz CT molecular complexity index is 1130. The molecule has 0 unspecified atom stereocenters. The Morgan fingerprint density at radius 2 is 1.73 bits per heavy atom. The van der Waals surface area contributed by atoms with Gasteiger partial charge in [0.05, 0.1) is 18.4 Å². The van der Waals surface area contributed by atoms with Gasteiger partial charge in [-0.3, -0.25) is 9.59 Å². The molecule has 0 spiro atoms. The average Bonchev–Trinajstić information content (AvgIpc) is 3.32. The van der Waals surface area contributed by atoms with E-state index in [0.29, 0.717) is 17.7 Å². The molecule has 0 radical (unpaired) electrons. The van der Waals surface area contributed by atoms with Gasteiger partial charge in [0, 0.05) is 18.5 Å². The Morgan fingerprint density at radius 3 is 2.45 bits per heavy atom. The van der Waals surface area contributed by atoms with Crippen LogP contribution >= 0.6 is 0 Å². The second-order valence-corrected chi connectivity index (χ2v) is 7.58. The first kappa shape index (κ1) is 22.2. The summed E-state index contributed by atoms with van der Waals surface area (Å²) in [5.74, 6) is 0.0269. The monoisotopic (exact) mass is 443 g/mol. The molecule has 33 heavy (non-hydrogen) atoms. The second kappa shape index (κ2) is 10.6. The lowest BCUT2D eigenvalue weighted by Gasteiger charge is -2.22. The molecule has 7 nitrogen and oxygen atoms in total. The fourth-order valence-electron chi connectivity index (χ4n) is 3.68. The third-order valence-electron chi connectivity index (χ3n) is 5.29. The predicted molar refractivity (Wildman–Crippen MR) is 125 cm³/mol. The van der Waals surface area contributed by atoms with Crippen LogP contribution in [0.25, 0.3) is 0 Å². The molecule has 1 atom stereocenters. The number of aliphatic hydroxyl groups is 1. The summed E-state index contributed by atoms with van der Waals surface area (Å²) in [5, 5.41) is 17.6. The van der Waals surface area contributed by atoms with Crippen LogP contribution in [0.15, 0.2) is 90.0 Å². The van der Waals surface area contributed by atoms with Gasteiger partial charge in [-0.2, -0.15) is 5.10 Å². The molecule has 168 valence electrons. The lowest BCUT2D eigenvalue weighted by Crippen LogP contribution is -2.31. The molecule has 3 aromatic carbocycles. The molecule has 3 aromatic rings. The van der Waals surface area contributed by atoms with Crippen LogP contribution in [0.1, 0.15) is 33.9 Å². The third kappa shape index (κ3) is 5.45. The van der Waals surface area contributed by atoms with Crippen LogP contribution in [0.3, 0.4) is 0 Å². The van der Waals surface area contributed by atoms with Crippen molar-refractivity contribution < 1.29 is 19.4 Å². The van der Waals surface area contributed by atoms with Crippen LogP contribution in [-0.4, -0.2) is 47.4 Å². The number of ether oxygens (including phenoxy) is 1. The molecular weight excluding hydrogens is 418 g/mol. The van der Waals surface area contributed by atoms with Gasteiger partial charge in [-0.25, -0.2) is 5.01 Å². The lowest BCUT2D eigenvalue weighted by atomic mass is 9.98. The molecule has 0 fully saturated rings. The number of aliphatic hydroxyl groups excluding tert-OH is 1. The van der Waals surface area contributed by atoms with Gasteiger partial charge in [0.25, 0.3) is 11.8 Å². The van der Waals surface area contributed by atoms with E-state index >= 15 is 0 Å². The number of rotatable bonds is 8. The number of carbonyl (C=O) groups is 2. The molecule has 2 amide bonds. The maximum absolute atomic E-state index is 13.3. The number of nitrogens with one attached hydrogen (secondary N) is 1. The molecule has 0 saturated carbocycles. The SMILES string of the molecule is O=C(COc1cccc([C@@H]2CC(c3ccccc3)=NN2C(=O)c2ccccc2)c1)NCCO. The highest BCUT2D eigenvalue weighted by molar-refractivity contribution is 6.05. The van der Waals surface area contributed by atoms with E-state index in [1.807, 2.05) is 66.7 Å². The maximum atomic E-state index is 13.3. The van der Waals surface area contributed by atoms with Gasteiger partial charge < -0.3 is 15.2 Å². The number of hydrogen-bond acceptors (Lipinski definition) is 5. The summed E-state index contributed by atoms with van der Waals surface area (Å²) in [6.45, 7) is -0.106. The molecule has 1 aliphatic heterocycles. The first-order valence-corrected chi connectivity index (χ1v) is 10.8. The summed E-state index contributed by atoms with van der Waals surface area (Å²) in [6.07, 6.45) is 0.559. The van der Waals surface area contributed by atoms with Crippen LogP contribution in [0.2, 0.25) is 0 Å². The van der Waals surface area contributed by atoms with E-state index in [0.717, 1.165) is 16.8 Å². The summed E-state index contributed by atoms with van der Waals surface area (Å²) in [4.78, 5) is 25.1. The number of amides is 2. The first-order chi connectivity index (χ1) is 16.2. The molecule has 2 N–H and O–H groups in total. The minimum Gasteiger partial charge on any atom is -0.484 e. The fourth-order valence-corrected chi connectivity index (χ4v) is 3.68. The molecule has 4 rings (SSSR count). The molecule has 0 aliphatic carbocycles. The minimum atomic E-state index is -0.314. The van der Waals surface area contributed by atoms with Crippen LogP contribution in [-0.2, 0) is 4.79 Å². The quantitative estimate of drug-likeness (QED) is 0.560. The van der Waals surface area contributed by atoms with Gasteiger partial charge in [0.15, 0.2) is 6.61 Å². The number of nitrogens with zero attached hydrogens (tertiary/aromatic N) is 2. The molecule has 1 heterocycles. The van der Waals surface area contributed by atoms with E-state index in [1.165, 1.54) is 5.01 Å². The smallest absolute Gasteiger partial charge is 0.274 e. The van der Waals surface area contributed by atoms with Crippen molar-refractivity contribution in [3.8, 4) is 5.75 Å². The van der Waals surface area contributed by atoms with Crippen molar-refractivity contribution in [2.24, 2.45) is 5.10 Å². The molecular formula is C26H25N3O4. The Kier molecular flexibility index (Phi) is 7.12. The summed E-state index contributed by atoms with van der Waals surface area (Å²) in [6, 6.07) is 25.9. The fraction of sp³-hybridized carbons (Fsp3) is 0.192. The van der Waals surface area contributed by atoms with Crippen LogP contribution < -0.4 is 10.1 Å². The molecule has 0 saturated heterocycles. The van der Waals surface area contributed by atoms with Crippen molar-refractivity contribution in [3.05, 3.63) is 102 Å². The number of benzene rings is 3. The minimum absolute atomic E-state index is 0.127. The number of hydrogen-bond donors (Lipinski definition) is 2. The summed E-state index contributed by atoms with van der Waals surface area (Å²) < 4.78 is 5.62. The van der Waals surface area contributed by atoms with E-state index in [-0.39, 0.29) is 37.6 Å². The number of hydrazone groups is 1. The van der Waals surface area contributed by atoms with E-state index in [1.54, 1.807) is 18.2 Å². The Labute approximate surface area is 192 Å². The van der Waals surface area contributed by atoms with Crippen molar-refractivity contribution in [2.75, 3.05) is 19.8 Å². The molecule has 1 aliphatic rings. The topological polar surface area (TPSA) is 91.2 Å². The Hall–Kier alpha value is -3.97. The van der Waals surface area contributed by atoms with Gasteiger partial charge in [-0.1, -0.05) is 60.7 Å². The first-order valence-electron chi connectivity index (χ1n) is 10.8. The molecule has 7 heteroatoms. The van der Waals surface area contributed by atoms with Gasteiger partial charge >= 0.3 is 0 Å². The van der Waals surface area contributed by atoms with Crippen molar-refractivity contribution >= 4 is 17.5 Å². The summed E-state index contributed by atoms with van der Waals surface area (Å²) in [7, 11) is 0. The zero-order valence-corrected chi connectivity index (χ0v) is 18.1. The largest absolute Gasteiger partial charge is 0.484 e. The van der Waals surface area contributed by atoms with Gasteiger partial charge in [-0.15, -0.1) is 0 Å². The molecule has 0 bridgehead atoms. The highest BCUT2D eigenvalue weighted by Crippen LogP contribution is 2.35. The van der Waals surface area contributed by atoms with Crippen molar-refractivity contribution in [3.63, 3.8) is 0 Å². The van der Waals surface area contributed by atoms with Crippen molar-refractivity contribution in [1.82, 2.24) is 10.3 Å². The standard InChI is InChI=1S/C26H25N3O4/c30-15-14-27-25(31)18-33-22-13-7-12-21(16-22)24-17-23(19-8-3-1-4-9-19)28-29(24)26(32)20-10-5-2-6-11-20/h1-13,16,24,30H,14-15,17-18H2,(H,27,31)/t24-/m0/s1. The van der Waals surface area contributed by atoms with E-state index in [9.17, 15) is 9.59 Å². The summed E-state index contributed by atoms with van der Waals surface area (Å²) >= 11 is 0.